The van der Waals surface area contributed by atoms with Crippen LogP contribution >= 0.6 is 24.8 Å². The number of halogens is 2. The first kappa shape index (κ1) is 34.2. The number of benzene rings is 2. The topological polar surface area (TPSA) is 23.5 Å². The molecule has 0 bridgehead atoms. The molecule has 2 aromatic rings. The number of aromatic hydroxyl groups is 1. The smallest absolute Gasteiger partial charge is 0.116 e. The van der Waals surface area contributed by atoms with Crippen molar-refractivity contribution in [2.75, 3.05) is 14.1 Å². The first-order valence-corrected chi connectivity index (χ1v) is 11.6. The molecule has 0 heterocycles. The van der Waals surface area contributed by atoms with Crippen molar-refractivity contribution in [1.29, 1.82) is 0 Å². The quantitative estimate of drug-likeness (QED) is 0.362. The van der Waals surface area contributed by atoms with Gasteiger partial charge < -0.3 is 10.0 Å². The van der Waals surface area contributed by atoms with Crippen LogP contribution in [0.5, 0.6) is 5.75 Å². The van der Waals surface area contributed by atoms with Gasteiger partial charge in [-0.1, -0.05) is 52.4 Å². The van der Waals surface area contributed by atoms with Gasteiger partial charge in [0.15, 0.2) is 0 Å². The molecule has 0 saturated carbocycles. The molecule has 0 amide bonds. The normalized spacial score (nSPS) is 13.6. The van der Waals surface area contributed by atoms with Crippen molar-refractivity contribution in [3.05, 3.63) is 71.1 Å². The van der Waals surface area contributed by atoms with Crippen molar-refractivity contribution in [3.8, 4) is 5.75 Å². The van der Waals surface area contributed by atoms with E-state index in [2.05, 4.69) is 89.6 Å². The zero-order chi connectivity index (χ0) is 20.6. The summed E-state index contributed by atoms with van der Waals surface area (Å²) in [6, 6.07) is 14.9. The van der Waals surface area contributed by atoms with Crippen molar-refractivity contribution < 1.29 is 26.8 Å². The monoisotopic (exact) mass is 502 g/mol. The Kier molecular flexibility index (Phi) is 18.5. The molecule has 1 aliphatic carbocycles. The molecule has 1 aliphatic rings. The van der Waals surface area contributed by atoms with Crippen LogP contribution in [0, 0.1) is 13.3 Å². The molecule has 1 unspecified atom stereocenters. The fourth-order valence-corrected chi connectivity index (χ4v) is 2.90. The summed E-state index contributed by atoms with van der Waals surface area (Å²) < 4.78 is 0. The Bertz CT molecular complexity index is 675. The fourth-order valence-electron chi connectivity index (χ4n) is 2.90. The van der Waals surface area contributed by atoms with Gasteiger partial charge in [-0.2, -0.15) is 18.1 Å². The van der Waals surface area contributed by atoms with E-state index in [9.17, 15) is 5.11 Å². The Labute approximate surface area is 214 Å². The third kappa shape index (κ3) is 11.8. The molecule has 0 fully saturated rings. The first-order valence-electron chi connectivity index (χ1n) is 9.57. The van der Waals surface area contributed by atoms with Crippen molar-refractivity contribution >= 4 is 34.3 Å². The number of phenolic OH excluding ortho intramolecular Hbond substituents is 1. The van der Waals surface area contributed by atoms with Gasteiger partial charge in [0.25, 0.3) is 0 Å². The predicted octanol–water partition coefficient (Wildman–Crippen LogP) is 6.35. The van der Waals surface area contributed by atoms with E-state index in [0.717, 1.165) is 15.1 Å². The van der Waals surface area contributed by atoms with Crippen LogP contribution in [0.15, 0.2) is 42.5 Å². The molecule has 0 aliphatic heterocycles. The molecule has 0 aromatic heterocycles. The Morgan fingerprint density at radius 1 is 1.03 bits per heavy atom. The van der Waals surface area contributed by atoms with E-state index in [0.29, 0.717) is 11.8 Å². The SMILES string of the molecule is CN(C)C1[CH-]c2ccccc2C1.C[Si]C.Cc1cc(O)cc(C(C)(C)C)c1.Cl.Cl.[Ti]. The number of hydrogen-bond donors (Lipinski definition) is 1. The van der Waals surface area contributed by atoms with E-state index in [1.807, 2.05) is 13.0 Å². The molecule has 168 valence electrons. The number of phenols is 1. The molecule has 2 aromatic carbocycles. The van der Waals surface area contributed by atoms with Gasteiger partial charge in [-0.3, -0.25) is 0 Å². The Balaban J connectivity index is -0.000000395. The summed E-state index contributed by atoms with van der Waals surface area (Å²) >= 11 is 0. The summed E-state index contributed by atoms with van der Waals surface area (Å²) in [6.45, 7) is 12.7. The minimum atomic E-state index is 0. The van der Waals surface area contributed by atoms with Crippen molar-refractivity contribution in [2.45, 2.75) is 58.7 Å². The number of nitrogens with zero attached hydrogens (tertiary/aromatic N) is 1. The number of likely N-dealkylation sites (N-methyl/N-ethyl adjacent to an activating group) is 1. The van der Waals surface area contributed by atoms with Crippen LogP contribution in [-0.4, -0.2) is 39.7 Å². The Morgan fingerprint density at radius 3 is 2.00 bits per heavy atom. The van der Waals surface area contributed by atoms with E-state index < -0.39 is 0 Å². The van der Waals surface area contributed by atoms with Crippen LogP contribution < -0.4 is 0 Å². The van der Waals surface area contributed by atoms with Crippen LogP contribution in [0.3, 0.4) is 0 Å². The molecule has 0 spiro atoms. The van der Waals surface area contributed by atoms with Gasteiger partial charge in [0.1, 0.15) is 5.75 Å². The number of fused-ring (bicyclic) bond motifs is 1. The van der Waals surface area contributed by atoms with Gasteiger partial charge in [0, 0.05) is 31.2 Å². The summed E-state index contributed by atoms with van der Waals surface area (Å²) in [4.78, 5) is 2.26. The second kappa shape index (κ2) is 16.2. The molecular weight excluding hydrogens is 465 g/mol. The molecule has 6 heteroatoms. The average molecular weight is 503 g/mol. The fraction of sp³-hybridized carbons (Fsp3) is 0.458. The van der Waals surface area contributed by atoms with E-state index >= 15 is 0 Å². The molecule has 2 nitrogen and oxygen atoms in total. The third-order valence-electron chi connectivity index (χ3n) is 4.45. The minimum absolute atomic E-state index is 0. The maximum atomic E-state index is 9.36. The van der Waals surface area contributed by atoms with Crippen LogP contribution in [0.25, 0.3) is 0 Å². The molecule has 3 rings (SSSR count). The maximum Gasteiger partial charge on any atom is 0.116 e. The van der Waals surface area contributed by atoms with Crippen molar-refractivity contribution in [3.63, 3.8) is 0 Å². The molecule has 30 heavy (non-hydrogen) atoms. The Morgan fingerprint density at radius 2 is 1.57 bits per heavy atom. The van der Waals surface area contributed by atoms with Gasteiger partial charge >= 0.3 is 0 Å². The average Bonchev–Trinajstić information content (AvgIpc) is 2.99. The van der Waals surface area contributed by atoms with Gasteiger partial charge in [0.05, 0.1) is 0 Å². The summed E-state index contributed by atoms with van der Waals surface area (Å²) in [6.07, 6.45) is 3.51. The van der Waals surface area contributed by atoms with E-state index in [4.69, 9.17) is 0 Å². The largest absolute Gasteiger partial charge is 0.508 e. The summed E-state index contributed by atoms with van der Waals surface area (Å²) in [7, 11) is 5.35. The van der Waals surface area contributed by atoms with E-state index in [1.165, 1.54) is 23.1 Å². The van der Waals surface area contributed by atoms with Gasteiger partial charge in [-0.15, -0.1) is 42.5 Å². The molecule has 1 N–H and O–H groups in total. The summed E-state index contributed by atoms with van der Waals surface area (Å²) in [5, 5.41) is 9.36. The van der Waals surface area contributed by atoms with Crippen LogP contribution in [0.1, 0.15) is 43.0 Å². The van der Waals surface area contributed by atoms with Crippen LogP contribution in [0.2, 0.25) is 13.1 Å². The van der Waals surface area contributed by atoms with Gasteiger partial charge in [-0.25, -0.2) is 0 Å². The second-order valence-corrected chi connectivity index (χ2v) is 9.41. The van der Waals surface area contributed by atoms with Crippen molar-refractivity contribution in [2.24, 2.45) is 0 Å². The maximum absolute atomic E-state index is 9.36. The molecule has 0 saturated heterocycles. The summed E-state index contributed by atoms with van der Waals surface area (Å²) in [5.74, 6) is 0.361. The zero-order valence-corrected chi connectivity index (χ0v) is 23.8. The van der Waals surface area contributed by atoms with Crippen molar-refractivity contribution in [1.82, 2.24) is 4.90 Å². The number of rotatable bonds is 1. The number of hydrogen-bond acceptors (Lipinski definition) is 2. The predicted molar refractivity (Wildman–Crippen MR) is 135 cm³/mol. The first-order chi connectivity index (χ1) is 12.6. The number of aryl methyl sites for hydroxylation is 1. The second-order valence-electron chi connectivity index (χ2n) is 8.41. The van der Waals surface area contributed by atoms with Crippen LogP contribution in [0.4, 0.5) is 0 Å². The van der Waals surface area contributed by atoms with Crippen LogP contribution in [-0.2, 0) is 33.6 Å². The Hall–Kier alpha value is -0.419. The summed E-state index contributed by atoms with van der Waals surface area (Å²) in [5.41, 5.74) is 5.30. The molecule has 1 atom stereocenters. The molecule has 2 radical (unpaired) electrons. The molecular formula is C24H38Cl2NOSiTi-. The van der Waals surface area contributed by atoms with Gasteiger partial charge in [-0.05, 0) is 55.7 Å². The third-order valence-corrected chi connectivity index (χ3v) is 4.45. The van der Waals surface area contributed by atoms with E-state index in [1.54, 1.807) is 6.07 Å². The van der Waals surface area contributed by atoms with Gasteiger partial charge in [0.2, 0.25) is 0 Å². The van der Waals surface area contributed by atoms with E-state index in [-0.39, 0.29) is 51.9 Å². The zero-order valence-electron chi connectivity index (χ0n) is 19.6. The minimum Gasteiger partial charge on any atom is -0.508 e. The standard InChI is InChI=1S/C11H14N.C11H16O.C2H6Si.2ClH.Ti/c1-12(2)11-7-9-5-3-4-6-10(9)8-11;1-8-5-9(11(2,3)4)7-10(12)6-8;1-3-2;;;/h3-7,11H,8H2,1-2H3;5-7,12H,1-4H3;1-2H3;2*1H;/q-1;;;;;.